The molecule has 0 saturated carbocycles. The molecule has 29 heavy (non-hydrogen) atoms. The normalized spacial score (nSPS) is 15.9. The van der Waals surface area contributed by atoms with Crippen molar-refractivity contribution in [3.8, 4) is 0 Å². The van der Waals surface area contributed by atoms with Crippen molar-refractivity contribution in [2.45, 2.75) is 12.5 Å². The second-order valence-corrected chi connectivity index (χ2v) is 8.88. The van der Waals surface area contributed by atoms with E-state index in [1.165, 1.54) is 16.9 Å². The van der Waals surface area contributed by atoms with Gasteiger partial charge in [0.15, 0.2) is 0 Å². The predicted molar refractivity (Wildman–Crippen MR) is 107 cm³/mol. The molecule has 4 rings (SSSR count). The first-order chi connectivity index (χ1) is 13.8. The summed E-state index contributed by atoms with van der Waals surface area (Å²) < 4.78 is 25.8. The summed E-state index contributed by atoms with van der Waals surface area (Å²) in [5.41, 5.74) is 2.54. The minimum Gasteiger partial charge on any atom is -0.336 e. The molecule has 10 heteroatoms. The van der Waals surface area contributed by atoms with Crippen LogP contribution < -0.4 is 4.31 Å². The molecule has 0 aliphatic carbocycles. The van der Waals surface area contributed by atoms with Crippen molar-refractivity contribution in [1.82, 2.24) is 25.1 Å². The fourth-order valence-electron chi connectivity index (χ4n) is 3.51. The van der Waals surface area contributed by atoms with E-state index in [9.17, 15) is 13.2 Å². The van der Waals surface area contributed by atoms with Crippen LogP contribution in [0.25, 0.3) is 0 Å². The fraction of sp³-hybridized carbons (Fsp3) is 0.263. The van der Waals surface area contributed by atoms with Crippen LogP contribution in [-0.2, 0) is 16.6 Å². The van der Waals surface area contributed by atoms with Crippen LogP contribution >= 0.6 is 0 Å². The van der Waals surface area contributed by atoms with Gasteiger partial charge in [-0.05, 0) is 35.9 Å². The molecule has 0 unspecified atom stereocenters. The zero-order valence-electron chi connectivity index (χ0n) is 16.0. The molecule has 2 aromatic heterocycles. The first-order valence-electron chi connectivity index (χ1n) is 8.97. The van der Waals surface area contributed by atoms with E-state index in [4.69, 9.17) is 0 Å². The van der Waals surface area contributed by atoms with Gasteiger partial charge in [0.2, 0.25) is 10.0 Å². The van der Waals surface area contributed by atoms with E-state index in [-0.39, 0.29) is 18.4 Å². The second-order valence-electron chi connectivity index (χ2n) is 6.97. The van der Waals surface area contributed by atoms with Crippen molar-refractivity contribution < 1.29 is 13.2 Å². The number of nitrogens with zero attached hydrogens (tertiary/aromatic N) is 5. The highest BCUT2D eigenvalue weighted by Gasteiger charge is 2.36. The third-order valence-corrected chi connectivity index (χ3v) is 6.05. The van der Waals surface area contributed by atoms with Crippen LogP contribution in [0.4, 0.5) is 5.69 Å². The van der Waals surface area contributed by atoms with E-state index in [2.05, 4.69) is 20.2 Å². The predicted octanol–water partition coefficient (Wildman–Crippen LogP) is 1.38. The summed E-state index contributed by atoms with van der Waals surface area (Å²) in [4.78, 5) is 23.0. The van der Waals surface area contributed by atoms with E-state index in [0.29, 0.717) is 23.6 Å². The lowest BCUT2D eigenvalue weighted by Crippen LogP contribution is -2.29. The lowest BCUT2D eigenvalue weighted by Gasteiger charge is -2.18. The average molecular weight is 412 g/mol. The Morgan fingerprint density at radius 3 is 2.76 bits per heavy atom. The molecule has 0 radical (unpaired) electrons. The van der Waals surface area contributed by atoms with Gasteiger partial charge >= 0.3 is 0 Å². The third kappa shape index (κ3) is 3.70. The third-order valence-electron chi connectivity index (χ3n) is 4.90. The number of H-pyrrole nitrogens is 1. The van der Waals surface area contributed by atoms with E-state index in [1.54, 1.807) is 36.3 Å². The highest BCUT2D eigenvalue weighted by molar-refractivity contribution is 7.92. The summed E-state index contributed by atoms with van der Waals surface area (Å²) in [6, 6.07) is 10.6. The van der Waals surface area contributed by atoms with Crippen molar-refractivity contribution in [2.24, 2.45) is 0 Å². The molecule has 1 N–H and O–H groups in total. The zero-order chi connectivity index (χ0) is 20.6. The van der Waals surface area contributed by atoms with Crippen LogP contribution in [0.1, 0.15) is 33.4 Å². The Bertz CT molecular complexity index is 1130. The Morgan fingerprint density at radius 2 is 2.10 bits per heavy atom. The number of anilines is 1. The van der Waals surface area contributed by atoms with E-state index in [0.717, 1.165) is 11.3 Å². The average Bonchev–Trinajstić information content (AvgIpc) is 3.34. The summed E-state index contributed by atoms with van der Waals surface area (Å²) in [5, 5.41) is 6.68. The van der Waals surface area contributed by atoms with Gasteiger partial charge in [-0.3, -0.25) is 19.2 Å². The van der Waals surface area contributed by atoms with Crippen molar-refractivity contribution in [2.75, 3.05) is 24.2 Å². The van der Waals surface area contributed by atoms with Crippen LogP contribution in [0.3, 0.4) is 0 Å². The topological polar surface area (TPSA) is 112 Å². The highest BCUT2D eigenvalue weighted by Crippen LogP contribution is 2.40. The molecule has 9 nitrogen and oxygen atoms in total. The van der Waals surface area contributed by atoms with E-state index >= 15 is 0 Å². The molecule has 0 spiro atoms. The minimum atomic E-state index is -3.46. The number of hydrogen-bond donors (Lipinski definition) is 1. The molecule has 0 fully saturated rings. The summed E-state index contributed by atoms with van der Waals surface area (Å²) in [6.07, 6.45) is 4.23. The highest BCUT2D eigenvalue weighted by atomic mass is 32.2. The van der Waals surface area contributed by atoms with Crippen LogP contribution in [0.5, 0.6) is 0 Å². The Hall–Kier alpha value is -3.27. The van der Waals surface area contributed by atoms with Gasteiger partial charge < -0.3 is 4.90 Å². The van der Waals surface area contributed by atoms with Crippen molar-refractivity contribution in [3.05, 3.63) is 71.6 Å². The van der Waals surface area contributed by atoms with Gasteiger partial charge in [-0.15, -0.1) is 0 Å². The summed E-state index contributed by atoms with van der Waals surface area (Å²) in [7, 11) is -1.75. The van der Waals surface area contributed by atoms with Crippen molar-refractivity contribution in [1.29, 1.82) is 0 Å². The number of fused-ring (bicyclic) bond motifs is 1. The molecule has 3 heterocycles. The Balaban J connectivity index is 1.67. The smallest absolute Gasteiger partial charge is 0.253 e. The van der Waals surface area contributed by atoms with Crippen LogP contribution in [0.2, 0.25) is 0 Å². The number of carbonyl (C=O) groups is 1. The fourth-order valence-corrected chi connectivity index (χ4v) is 4.46. The molecule has 3 aromatic rings. The molecule has 1 amide bonds. The number of sulfonamides is 1. The molecular formula is C19H20N6O3S. The van der Waals surface area contributed by atoms with Crippen molar-refractivity contribution in [3.63, 3.8) is 0 Å². The van der Waals surface area contributed by atoms with Gasteiger partial charge in [0.05, 0.1) is 30.1 Å². The lowest BCUT2D eigenvalue weighted by atomic mass is 9.98. The lowest BCUT2D eigenvalue weighted by molar-refractivity contribution is 0.0783. The van der Waals surface area contributed by atoms with Gasteiger partial charge in [0, 0.05) is 25.4 Å². The van der Waals surface area contributed by atoms with E-state index in [1.807, 2.05) is 18.2 Å². The second kappa shape index (κ2) is 7.28. The largest absolute Gasteiger partial charge is 0.336 e. The Kier molecular flexibility index (Phi) is 4.79. The number of aromatic nitrogens is 4. The maximum atomic E-state index is 13.0. The monoisotopic (exact) mass is 412 g/mol. The van der Waals surface area contributed by atoms with Gasteiger partial charge in [-0.25, -0.2) is 13.4 Å². The number of pyridine rings is 1. The van der Waals surface area contributed by atoms with Crippen LogP contribution in [0, 0.1) is 0 Å². The maximum Gasteiger partial charge on any atom is 0.253 e. The number of hydrogen-bond acceptors (Lipinski definition) is 6. The van der Waals surface area contributed by atoms with Gasteiger partial charge in [0.25, 0.3) is 5.91 Å². The number of nitrogens with one attached hydrogen (secondary N) is 1. The number of amides is 1. The summed E-state index contributed by atoms with van der Waals surface area (Å²) in [5.74, 6) is 0.0625. The number of aromatic amines is 1. The summed E-state index contributed by atoms with van der Waals surface area (Å²) >= 11 is 0. The van der Waals surface area contributed by atoms with Gasteiger partial charge in [-0.1, -0.05) is 6.07 Å². The molecule has 1 atom stereocenters. The maximum absolute atomic E-state index is 13.0. The van der Waals surface area contributed by atoms with Crippen molar-refractivity contribution >= 4 is 21.6 Å². The van der Waals surface area contributed by atoms with Crippen LogP contribution in [-0.4, -0.2) is 59.2 Å². The first-order valence-corrected chi connectivity index (χ1v) is 10.8. The number of carbonyl (C=O) groups excluding carboxylic acids is 1. The molecule has 1 aromatic carbocycles. The Morgan fingerprint density at radius 1 is 1.28 bits per heavy atom. The summed E-state index contributed by atoms with van der Waals surface area (Å²) in [6.45, 7) is 0.586. The molecule has 1 aliphatic heterocycles. The molecule has 150 valence electrons. The quantitative estimate of drug-likeness (QED) is 0.678. The van der Waals surface area contributed by atoms with E-state index < -0.39 is 10.0 Å². The zero-order valence-corrected chi connectivity index (χ0v) is 16.8. The molecule has 0 saturated heterocycles. The standard InChI is InChI=1S/C19H20N6O3S/c1-24(10-14-5-3-4-8-20-14)19(26)13-6-7-17-15(9-13)16(18-21-12-22-23-18)11-25(17)29(2,27)28/h3-9,12,16H,10-11H2,1-2H3,(H,21,22,23)/t16-/m0/s1. The number of rotatable bonds is 5. The molecular weight excluding hydrogens is 392 g/mol. The Labute approximate surface area is 168 Å². The van der Waals surface area contributed by atoms with Gasteiger partial charge in [-0.2, -0.15) is 5.10 Å². The molecule has 1 aliphatic rings. The molecule has 0 bridgehead atoms. The van der Waals surface area contributed by atoms with Gasteiger partial charge in [0.1, 0.15) is 12.2 Å². The minimum absolute atomic E-state index is 0.174. The SMILES string of the molecule is CN(Cc1ccccn1)C(=O)c1ccc2c(c1)[C@@H](c1ncn[nH]1)CN2S(C)(=O)=O. The number of benzene rings is 1. The first kappa shape index (κ1) is 19.1. The van der Waals surface area contributed by atoms with Crippen LogP contribution in [0.15, 0.2) is 48.9 Å².